The predicted molar refractivity (Wildman–Crippen MR) is 80.8 cm³/mol. The van der Waals surface area contributed by atoms with E-state index in [1.807, 2.05) is 18.2 Å². The Labute approximate surface area is 126 Å². The van der Waals surface area contributed by atoms with Gasteiger partial charge in [-0.05, 0) is 24.1 Å². The molecule has 1 nitrogen and oxygen atoms in total. The molecule has 2 rings (SSSR count). The van der Waals surface area contributed by atoms with Crippen molar-refractivity contribution in [2.45, 2.75) is 25.9 Å². The Morgan fingerprint density at radius 3 is 2.30 bits per heavy atom. The number of halogens is 3. The quantitative estimate of drug-likeness (QED) is 0.785. The van der Waals surface area contributed by atoms with Crippen LogP contribution >= 0.6 is 15.9 Å². The van der Waals surface area contributed by atoms with Gasteiger partial charge in [0.25, 0.3) is 6.43 Å². The topological polar surface area (TPSA) is 12.0 Å². The van der Waals surface area contributed by atoms with Crippen LogP contribution in [-0.2, 0) is 6.54 Å². The lowest BCUT2D eigenvalue weighted by Gasteiger charge is -2.16. The largest absolute Gasteiger partial charge is 0.306 e. The van der Waals surface area contributed by atoms with Gasteiger partial charge in [-0.2, -0.15) is 0 Å². The van der Waals surface area contributed by atoms with Crippen LogP contribution in [0.2, 0.25) is 0 Å². The molecule has 2 aromatic carbocycles. The average molecular weight is 340 g/mol. The molecule has 0 aromatic heterocycles. The van der Waals surface area contributed by atoms with E-state index in [0.717, 1.165) is 10.0 Å². The number of benzene rings is 2. The van der Waals surface area contributed by atoms with Gasteiger partial charge in [0.1, 0.15) is 0 Å². The van der Waals surface area contributed by atoms with Crippen molar-refractivity contribution in [1.82, 2.24) is 5.32 Å². The molecule has 1 atom stereocenters. The van der Waals surface area contributed by atoms with E-state index in [4.69, 9.17) is 0 Å². The van der Waals surface area contributed by atoms with Crippen molar-refractivity contribution in [3.63, 3.8) is 0 Å². The molecule has 20 heavy (non-hydrogen) atoms. The van der Waals surface area contributed by atoms with Crippen molar-refractivity contribution in [3.8, 4) is 0 Å². The van der Waals surface area contributed by atoms with Gasteiger partial charge in [0.15, 0.2) is 0 Å². The summed E-state index contributed by atoms with van der Waals surface area (Å²) in [5.41, 5.74) is 2.23. The first-order valence-corrected chi connectivity index (χ1v) is 7.22. The Bertz CT molecular complexity index is 555. The van der Waals surface area contributed by atoms with E-state index < -0.39 is 6.43 Å². The van der Waals surface area contributed by atoms with Crippen molar-refractivity contribution >= 4 is 15.9 Å². The first kappa shape index (κ1) is 15.1. The zero-order chi connectivity index (χ0) is 14.5. The molecule has 106 valence electrons. The van der Waals surface area contributed by atoms with Crippen LogP contribution in [0.25, 0.3) is 0 Å². The molecule has 0 bridgehead atoms. The number of alkyl halides is 2. The molecule has 1 N–H and O–H groups in total. The van der Waals surface area contributed by atoms with Crippen molar-refractivity contribution in [3.05, 3.63) is 69.7 Å². The SMILES string of the molecule is C[C@H](NCc1ccc(C(F)F)cc1)c1ccccc1Br. The van der Waals surface area contributed by atoms with Crippen molar-refractivity contribution in [2.24, 2.45) is 0 Å². The molecule has 0 fully saturated rings. The van der Waals surface area contributed by atoms with Crippen LogP contribution in [0.3, 0.4) is 0 Å². The normalized spacial score (nSPS) is 12.7. The second-order valence-electron chi connectivity index (χ2n) is 4.67. The Balaban J connectivity index is 1.96. The number of nitrogens with one attached hydrogen (secondary N) is 1. The summed E-state index contributed by atoms with van der Waals surface area (Å²) in [4.78, 5) is 0. The van der Waals surface area contributed by atoms with Crippen LogP contribution in [0.15, 0.2) is 53.0 Å². The molecule has 0 aliphatic heterocycles. The summed E-state index contributed by atoms with van der Waals surface area (Å²) in [7, 11) is 0. The highest BCUT2D eigenvalue weighted by Gasteiger charge is 2.09. The smallest absolute Gasteiger partial charge is 0.263 e. The lowest BCUT2D eigenvalue weighted by atomic mass is 10.1. The highest BCUT2D eigenvalue weighted by atomic mass is 79.9. The molecule has 2 aromatic rings. The molecule has 0 amide bonds. The van der Waals surface area contributed by atoms with E-state index in [0.29, 0.717) is 6.54 Å². The zero-order valence-electron chi connectivity index (χ0n) is 11.1. The molecule has 0 heterocycles. The summed E-state index contributed by atoms with van der Waals surface area (Å²) >= 11 is 3.53. The third-order valence-corrected chi connectivity index (χ3v) is 3.94. The lowest BCUT2D eigenvalue weighted by Crippen LogP contribution is -2.18. The van der Waals surface area contributed by atoms with Crippen LogP contribution in [0.1, 0.15) is 36.1 Å². The summed E-state index contributed by atoms with van der Waals surface area (Å²) in [5.74, 6) is 0. The van der Waals surface area contributed by atoms with Gasteiger partial charge in [-0.25, -0.2) is 8.78 Å². The number of rotatable bonds is 5. The van der Waals surface area contributed by atoms with E-state index in [1.165, 1.54) is 17.7 Å². The van der Waals surface area contributed by atoms with Crippen LogP contribution in [0, 0.1) is 0 Å². The fourth-order valence-electron chi connectivity index (χ4n) is 1.99. The maximum Gasteiger partial charge on any atom is 0.263 e. The van der Waals surface area contributed by atoms with Crippen molar-refractivity contribution in [1.29, 1.82) is 0 Å². The van der Waals surface area contributed by atoms with Gasteiger partial charge in [-0.15, -0.1) is 0 Å². The Morgan fingerprint density at radius 1 is 1.05 bits per heavy atom. The van der Waals surface area contributed by atoms with Gasteiger partial charge in [0.2, 0.25) is 0 Å². The van der Waals surface area contributed by atoms with Crippen LogP contribution in [0.5, 0.6) is 0 Å². The maximum absolute atomic E-state index is 12.5. The molecule has 0 spiro atoms. The molecule has 0 aliphatic carbocycles. The molecule has 0 radical (unpaired) electrons. The molecule has 0 aliphatic rings. The van der Waals surface area contributed by atoms with Gasteiger partial charge >= 0.3 is 0 Å². The van der Waals surface area contributed by atoms with E-state index in [9.17, 15) is 8.78 Å². The molecule has 0 saturated carbocycles. The van der Waals surface area contributed by atoms with Crippen LogP contribution in [-0.4, -0.2) is 0 Å². The third-order valence-electron chi connectivity index (χ3n) is 3.22. The minimum atomic E-state index is -2.41. The van der Waals surface area contributed by atoms with E-state index in [2.05, 4.69) is 34.2 Å². The monoisotopic (exact) mass is 339 g/mol. The van der Waals surface area contributed by atoms with Crippen molar-refractivity contribution in [2.75, 3.05) is 0 Å². The summed E-state index contributed by atoms with van der Waals surface area (Å²) in [6, 6.07) is 14.6. The minimum Gasteiger partial charge on any atom is -0.306 e. The van der Waals surface area contributed by atoms with Gasteiger partial charge in [0.05, 0.1) is 0 Å². The first-order chi connectivity index (χ1) is 9.58. The second-order valence-corrected chi connectivity index (χ2v) is 5.52. The molecular formula is C16H16BrF2N. The summed E-state index contributed by atoms with van der Waals surface area (Å²) < 4.78 is 26.0. The molecular weight excluding hydrogens is 324 g/mol. The highest BCUT2D eigenvalue weighted by Crippen LogP contribution is 2.23. The molecule has 4 heteroatoms. The minimum absolute atomic E-state index is 0.0626. The summed E-state index contributed by atoms with van der Waals surface area (Å²) in [6.07, 6.45) is -2.41. The predicted octanol–water partition coefficient (Wildman–Crippen LogP) is 5.24. The Hall–Kier alpha value is -1.26. The van der Waals surface area contributed by atoms with E-state index in [1.54, 1.807) is 12.1 Å². The molecule has 0 saturated heterocycles. The first-order valence-electron chi connectivity index (χ1n) is 6.42. The maximum atomic E-state index is 12.5. The third kappa shape index (κ3) is 3.87. The van der Waals surface area contributed by atoms with Gasteiger partial charge in [0, 0.05) is 22.6 Å². The van der Waals surface area contributed by atoms with Crippen molar-refractivity contribution < 1.29 is 8.78 Å². The Kier molecular flexibility index (Phi) is 5.26. The highest BCUT2D eigenvalue weighted by molar-refractivity contribution is 9.10. The fraction of sp³-hybridized carbons (Fsp3) is 0.250. The zero-order valence-corrected chi connectivity index (χ0v) is 12.7. The second kappa shape index (κ2) is 6.95. The van der Waals surface area contributed by atoms with Crippen LogP contribution in [0.4, 0.5) is 8.78 Å². The van der Waals surface area contributed by atoms with Gasteiger partial charge in [-0.3, -0.25) is 0 Å². The van der Waals surface area contributed by atoms with Gasteiger partial charge in [-0.1, -0.05) is 58.4 Å². The standard InChI is InChI=1S/C16H16BrF2N/c1-11(14-4-2-3-5-15(14)17)20-10-12-6-8-13(9-7-12)16(18)19/h2-9,11,16,20H,10H2,1H3/t11-/m0/s1. The Morgan fingerprint density at radius 2 is 1.70 bits per heavy atom. The number of hydrogen-bond acceptors (Lipinski definition) is 1. The average Bonchev–Trinajstić information content (AvgIpc) is 2.45. The lowest BCUT2D eigenvalue weighted by molar-refractivity contribution is 0.151. The van der Waals surface area contributed by atoms with E-state index in [-0.39, 0.29) is 11.6 Å². The summed E-state index contributed by atoms with van der Waals surface area (Å²) in [5, 5.41) is 3.39. The molecule has 0 unspecified atom stereocenters. The fourth-order valence-corrected chi connectivity index (χ4v) is 2.62. The van der Waals surface area contributed by atoms with E-state index >= 15 is 0 Å². The van der Waals surface area contributed by atoms with Crippen LogP contribution < -0.4 is 5.32 Å². The van der Waals surface area contributed by atoms with Gasteiger partial charge < -0.3 is 5.32 Å². The summed E-state index contributed by atoms with van der Waals surface area (Å²) in [6.45, 7) is 2.72. The number of hydrogen-bond donors (Lipinski definition) is 1.